The van der Waals surface area contributed by atoms with Gasteiger partial charge in [0.25, 0.3) is 0 Å². The molecule has 0 radical (unpaired) electrons. The summed E-state index contributed by atoms with van der Waals surface area (Å²) in [6, 6.07) is 10.1. The number of hydrogen-bond acceptors (Lipinski definition) is 2. The number of nitrogen functional groups attached to an aromatic ring is 1. The van der Waals surface area contributed by atoms with Gasteiger partial charge in [0.2, 0.25) is 0 Å². The Balaban J connectivity index is 2.44. The lowest BCUT2D eigenvalue weighted by Gasteiger charge is -2.04. The summed E-state index contributed by atoms with van der Waals surface area (Å²) in [5.74, 6) is 0.900. The fourth-order valence-electron chi connectivity index (χ4n) is 2.27. The monoisotopic (exact) mass is 226 g/mol. The highest BCUT2D eigenvalue weighted by Gasteiger charge is 2.07. The zero-order valence-electron chi connectivity index (χ0n) is 9.87. The molecule has 3 heteroatoms. The smallest absolute Gasteiger partial charge is 0.123 e. The molecule has 0 saturated carbocycles. The van der Waals surface area contributed by atoms with Crippen molar-refractivity contribution in [3.05, 3.63) is 35.9 Å². The number of H-pyrrole nitrogens is 1. The van der Waals surface area contributed by atoms with Crippen molar-refractivity contribution in [1.29, 1.82) is 0 Å². The molecule has 0 aliphatic heterocycles. The van der Waals surface area contributed by atoms with Gasteiger partial charge < -0.3 is 15.5 Å². The number of nitrogens with one attached hydrogen (secondary N) is 1. The van der Waals surface area contributed by atoms with Crippen molar-refractivity contribution in [3.8, 4) is 5.75 Å². The molecule has 0 spiro atoms. The lowest BCUT2D eigenvalue weighted by atomic mass is 10.1. The summed E-state index contributed by atoms with van der Waals surface area (Å²) in [6.07, 6.45) is 0. The van der Waals surface area contributed by atoms with E-state index in [1.165, 1.54) is 5.39 Å². The molecule has 0 unspecified atom stereocenters. The van der Waals surface area contributed by atoms with Crippen LogP contribution in [-0.4, -0.2) is 12.1 Å². The second-order valence-electron chi connectivity index (χ2n) is 4.30. The Labute approximate surface area is 99.2 Å². The number of aromatic nitrogens is 1. The number of methoxy groups -OCH3 is 1. The molecule has 0 bridgehead atoms. The fourth-order valence-corrected chi connectivity index (χ4v) is 2.27. The van der Waals surface area contributed by atoms with E-state index < -0.39 is 0 Å². The number of fused-ring (bicyclic) bond motifs is 3. The van der Waals surface area contributed by atoms with Crippen molar-refractivity contribution >= 4 is 27.5 Å². The maximum Gasteiger partial charge on any atom is 0.123 e. The molecule has 1 aromatic heterocycles. The van der Waals surface area contributed by atoms with Crippen molar-refractivity contribution < 1.29 is 4.74 Å². The zero-order chi connectivity index (χ0) is 12.0. The number of aryl methyl sites for hydroxylation is 1. The topological polar surface area (TPSA) is 51.0 Å². The number of ether oxygens (including phenoxy) is 1. The Bertz CT molecular complexity index is 713. The first-order valence-electron chi connectivity index (χ1n) is 5.54. The van der Waals surface area contributed by atoms with Crippen LogP contribution in [0.5, 0.6) is 5.75 Å². The minimum atomic E-state index is 0.784. The van der Waals surface area contributed by atoms with Gasteiger partial charge in [-0.05, 0) is 36.8 Å². The third-order valence-corrected chi connectivity index (χ3v) is 3.14. The van der Waals surface area contributed by atoms with Gasteiger partial charge in [-0.25, -0.2) is 0 Å². The third-order valence-electron chi connectivity index (χ3n) is 3.14. The minimum absolute atomic E-state index is 0.784. The molecule has 0 saturated heterocycles. The number of aromatic amines is 1. The van der Waals surface area contributed by atoms with E-state index in [1.807, 2.05) is 31.2 Å². The molecule has 17 heavy (non-hydrogen) atoms. The van der Waals surface area contributed by atoms with Crippen LogP contribution in [0.1, 0.15) is 5.56 Å². The Morgan fingerprint density at radius 3 is 2.59 bits per heavy atom. The number of rotatable bonds is 1. The Morgan fingerprint density at radius 2 is 1.82 bits per heavy atom. The van der Waals surface area contributed by atoms with Crippen molar-refractivity contribution in [3.63, 3.8) is 0 Å². The minimum Gasteiger partial charge on any atom is -0.496 e. The average molecular weight is 226 g/mol. The predicted octanol–water partition coefficient (Wildman–Crippen LogP) is 3.22. The second-order valence-corrected chi connectivity index (χ2v) is 4.30. The summed E-state index contributed by atoms with van der Waals surface area (Å²) in [5.41, 5.74) is 9.92. The van der Waals surface area contributed by atoms with Crippen LogP contribution < -0.4 is 10.5 Å². The quantitative estimate of drug-likeness (QED) is 0.626. The van der Waals surface area contributed by atoms with Crippen LogP contribution in [-0.2, 0) is 0 Å². The van der Waals surface area contributed by atoms with Gasteiger partial charge in [0.05, 0.1) is 12.6 Å². The van der Waals surface area contributed by atoms with E-state index in [0.717, 1.165) is 33.4 Å². The summed E-state index contributed by atoms with van der Waals surface area (Å²) in [5, 5.41) is 2.34. The SMILES string of the molecule is COc1cc2[nH]c3ccc(N)cc3c2cc1C. The third kappa shape index (κ3) is 1.43. The van der Waals surface area contributed by atoms with Crippen molar-refractivity contribution in [2.45, 2.75) is 6.92 Å². The number of benzene rings is 2. The number of anilines is 1. The molecule has 3 N–H and O–H groups in total. The lowest BCUT2D eigenvalue weighted by molar-refractivity contribution is 0.412. The van der Waals surface area contributed by atoms with Crippen LogP contribution in [0.2, 0.25) is 0 Å². The first kappa shape index (κ1) is 10.0. The van der Waals surface area contributed by atoms with E-state index in [2.05, 4.69) is 11.1 Å². The van der Waals surface area contributed by atoms with Crippen molar-refractivity contribution in [2.75, 3.05) is 12.8 Å². The first-order valence-corrected chi connectivity index (χ1v) is 5.54. The van der Waals surface area contributed by atoms with Crippen LogP contribution in [0, 0.1) is 6.92 Å². The molecule has 2 aromatic carbocycles. The van der Waals surface area contributed by atoms with E-state index in [4.69, 9.17) is 10.5 Å². The van der Waals surface area contributed by atoms with Gasteiger partial charge in [-0.2, -0.15) is 0 Å². The highest BCUT2D eigenvalue weighted by atomic mass is 16.5. The fraction of sp³-hybridized carbons (Fsp3) is 0.143. The number of hydrogen-bond donors (Lipinski definition) is 2. The summed E-state index contributed by atoms with van der Waals surface area (Å²) in [4.78, 5) is 3.37. The molecule has 3 aromatic rings. The molecule has 86 valence electrons. The van der Waals surface area contributed by atoms with Gasteiger partial charge in [0.1, 0.15) is 5.75 Å². The summed E-state index contributed by atoms with van der Waals surface area (Å²) < 4.78 is 5.33. The zero-order valence-corrected chi connectivity index (χ0v) is 9.87. The van der Waals surface area contributed by atoms with Crippen LogP contribution in [0.3, 0.4) is 0 Å². The molecular weight excluding hydrogens is 212 g/mol. The molecular formula is C14H14N2O. The van der Waals surface area contributed by atoms with Crippen LogP contribution in [0.25, 0.3) is 21.8 Å². The lowest BCUT2D eigenvalue weighted by Crippen LogP contribution is -1.86. The van der Waals surface area contributed by atoms with Crippen LogP contribution in [0.4, 0.5) is 5.69 Å². The van der Waals surface area contributed by atoms with Gasteiger partial charge in [-0.15, -0.1) is 0 Å². The van der Waals surface area contributed by atoms with E-state index >= 15 is 0 Å². The molecule has 1 heterocycles. The first-order chi connectivity index (χ1) is 8.19. The molecule has 3 rings (SSSR count). The van der Waals surface area contributed by atoms with E-state index in [0.29, 0.717) is 0 Å². The van der Waals surface area contributed by atoms with Crippen molar-refractivity contribution in [2.24, 2.45) is 0 Å². The Kier molecular flexibility index (Phi) is 2.01. The normalized spacial score (nSPS) is 11.2. The van der Waals surface area contributed by atoms with E-state index in [9.17, 15) is 0 Å². The van der Waals surface area contributed by atoms with Crippen LogP contribution in [0.15, 0.2) is 30.3 Å². The van der Waals surface area contributed by atoms with Gasteiger partial charge in [-0.1, -0.05) is 0 Å². The summed E-state index contributed by atoms with van der Waals surface area (Å²) >= 11 is 0. The highest BCUT2D eigenvalue weighted by molar-refractivity contribution is 6.08. The van der Waals surface area contributed by atoms with Gasteiger partial charge in [0, 0.05) is 28.0 Å². The Morgan fingerprint density at radius 1 is 1.06 bits per heavy atom. The summed E-state index contributed by atoms with van der Waals surface area (Å²) in [7, 11) is 1.69. The molecule has 0 atom stereocenters. The highest BCUT2D eigenvalue weighted by Crippen LogP contribution is 2.31. The van der Waals surface area contributed by atoms with E-state index in [1.54, 1.807) is 7.11 Å². The number of nitrogens with two attached hydrogens (primary N) is 1. The second kappa shape index (κ2) is 3.42. The predicted molar refractivity (Wildman–Crippen MR) is 71.5 cm³/mol. The molecule has 3 nitrogen and oxygen atoms in total. The van der Waals surface area contributed by atoms with Gasteiger partial charge in [0.15, 0.2) is 0 Å². The largest absolute Gasteiger partial charge is 0.496 e. The van der Waals surface area contributed by atoms with Gasteiger partial charge >= 0.3 is 0 Å². The average Bonchev–Trinajstić information content (AvgIpc) is 2.65. The maximum absolute atomic E-state index is 5.83. The Hall–Kier alpha value is -2.16. The van der Waals surface area contributed by atoms with E-state index in [-0.39, 0.29) is 0 Å². The van der Waals surface area contributed by atoms with Gasteiger partial charge in [-0.3, -0.25) is 0 Å². The molecule has 0 aliphatic rings. The standard InChI is InChI=1S/C14H14N2O/c1-8-5-10-11-6-9(15)3-4-12(11)16-13(10)7-14(8)17-2/h3-7,16H,15H2,1-2H3. The molecule has 0 fully saturated rings. The molecule has 0 amide bonds. The maximum atomic E-state index is 5.83. The van der Waals surface area contributed by atoms with Crippen molar-refractivity contribution in [1.82, 2.24) is 4.98 Å². The summed E-state index contributed by atoms with van der Waals surface area (Å²) in [6.45, 7) is 2.05. The molecule has 0 aliphatic carbocycles. The van der Waals surface area contributed by atoms with Crippen LogP contribution >= 0.6 is 0 Å².